The predicted octanol–water partition coefficient (Wildman–Crippen LogP) is 1.81. The molecule has 1 aliphatic heterocycles. The number of nitrogens with zero attached hydrogens (tertiary/aromatic N) is 2. The smallest absolute Gasteiger partial charge is 0.211 e. The number of rotatable bonds is 8. The lowest BCUT2D eigenvalue weighted by Gasteiger charge is -2.30. The van der Waals surface area contributed by atoms with Gasteiger partial charge in [0.25, 0.3) is 0 Å². The summed E-state index contributed by atoms with van der Waals surface area (Å²) < 4.78 is 30.8. The van der Waals surface area contributed by atoms with Crippen LogP contribution in [0.25, 0.3) is 0 Å². The average Bonchev–Trinajstić information content (AvgIpc) is 3.51. The number of hydrogen-bond acceptors (Lipinski definition) is 4. The molecule has 28 heavy (non-hydrogen) atoms. The van der Waals surface area contributed by atoms with Crippen molar-refractivity contribution in [1.82, 2.24) is 14.9 Å². The van der Waals surface area contributed by atoms with Crippen LogP contribution < -0.4 is 15.4 Å². The first-order valence-electron chi connectivity index (χ1n) is 10.1. The van der Waals surface area contributed by atoms with Crippen molar-refractivity contribution in [3.05, 3.63) is 29.8 Å². The minimum absolute atomic E-state index is 0.450. The molecule has 7 nitrogen and oxygen atoms in total. The summed E-state index contributed by atoms with van der Waals surface area (Å²) in [5.41, 5.74) is 1.12. The molecule has 0 aromatic heterocycles. The van der Waals surface area contributed by atoms with Crippen molar-refractivity contribution in [3.63, 3.8) is 0 Å². The third-order valence-corrected chi connectivity index (χ3v) is 6.72. The quantitative estimate of drug-likeness (QED) is 0.506. The molecule has 1 aliphatic carbocycles. The maximum Gasteiger partial charge on any atom is 0.211 e. The van der Waals surface area contributed by atoms with Gasteiger partial charge in [-0.3, -0.25) is 4.99 Å². The summed E-state index contributed by atoms with van der Waals surface area (Å²) in [6.07, 6.45) is 5.58. The fourth-order valence-corrected chi connectivity index (χ4v) is 4.24. The normalized spacial score (nSPS) is 19.4. The van der Waals surface area contributed by atoms with Gasteiger partial charge in [-0.25, -0.2) is 12.7 Å². The molecule has 1 saturated heterocycles. The second-order valence-corrected chi connectivity index (χ2v) is 9.76. The number of nitrogens with one attached hydrogen (secondary N) is 2. The molecule has 0 unspecified atom stereocenters. The number of ether oxygens (including phenoxy) is 1. The largest absolute Gasteiger partial charge is 0.493 e. The third-order valence-electron chi connectivity index (χ3n) is 5.41. The lowest BCUT2D eigenvalue weighted by Crippen LogP contribution is -2.43. The van der Waals surface area contributed by atoms with Crippen LogP contribution in [0.2, 0.25) is 0 Å². The van der Waals surface area contributed by atoms with Crippen LogP contribution in [0.1, 0.15) is 31.2 Å². The van der Waals surface area contributed by atoms with Gasteiger partial charge in [-0.1, -0.05) is 18.2 Å². The van der Waals surface area contributed by atoms with Crippen LogP contribution in [0.5, 0.6) is 5.75 Å². The molecule has 8 heteroatoms. The van der Waals surface area contributed by atoms with Crippen LogP contribution in [-0.4, -0.2) is 58.2 Å². The second kappa shape index (κ2) is 9.60. The van der Waals surface area contributed by atoms with E-state index in [2.05, 4.69) is 21.7 Å². The number of guanidine groups is 1. The van der Waals surface area contributed by atoms with Crippen LogP contribution >= 0.6 is 0 Å². The summed E-state index contributed by atoms with van der Waals surface area (Å²) in [5.74, 6) is 2.86. The zero-order valence-corrected chi connectivity index (χ0v) is 17.7. The van der Waals surface area contributed by atoms with Crippen LogP contribution in [0, 0.1) is 11.8 Å². The van der Waals surface area contributed by atoms with Crippen molar-refractivity contribution >= 4 is 16.0 Å². The highest BCUT2D eigenvalue weighted by Crippen LogP contribution is 2.30. The summed E-state index contributed by atoms with van der Waals surface area (Å²) in [4.78, 5) is 4.30. The number of sulfonamides is 1. The molecule has 2 fully saturated rings. The summed E-state index contributed by atoms with van der Waals surface area (Å²) in [6, 6.07) is 8.11. The standard InChI is InChI=1S/C20H32N4O3S/c1-21-20(22-13-16-9-11-24(12-10-16)28(2,25)26)23-14-18-5-3-4-6-19(18)27-15-17-7-8-17/h3-6,16-17H,7-15H2,1-2H3,(H2,21,22,23). The Kier molecular flexibility index (Phi) is 7.18. The molecule has 1 heterocycles. The highest BCUT2D eigenvalue weighted by Gasteiger charge is 2.25. The summed E-state index contributed by atoms with van der Waals surface area (Å²) >= 11 is 0. The molecular weight excluding hydrogens is 376 g/mol. The Morgan fingerprint density at radius 1 is 1.14 bits per heavy atom. The van der Waals surface area contributed by atoms with E-state index >= 15 is 0 Å². The van der Waals surface area contributed by atoms with E-state index in [4.69, 9.17) is 4.74 Å². The Morgan fingerprint density at radius 3 is 2.50 bits per heavy atom. The van der Waals surface area contributed by atoms with Gasteiger partial charge in [0, 0.05) is 38.8 Å². The fourth-order valence-electron chi connectivity index (χ4n) is 3.37. The molecule has 3 rings (SSSR count). The Morgan fingerprint density at radius 2 is 1.86 bits per heavy atom. The van der Waals surface area contributed by atoms with Crippen LogP contribution in [-0.2, 0) is 16.6 Å². The maximum atomic E-state index is 11.6. The molecule has 0 radical (unpaired) electrons. The van der Waals surface area contributed by atoms with Gasteiger partial charge < -0.3 is 15.4 Å². The van der Waals surface area contributed by atoms with Gasteiger partial charge >= 0.3 is 0 Å². The summed E-state index contributed by atoms with van der Waals surface area (Å²) in [7, 11) is -1.31. The molecule has 0 spiro atoms. The Hall–Kier alpha value is -1.80. The van der Waals surface area contributed by atoms with Crippen LogP contribution in [0.15, 0.2) is 29.3 Å². The molecule has 1 saturated carbocycles. The van der Waals surface area contributed by atoms with E-state index < -0.39 is 10.0 Å². The van der Waals surface area contributed by atoms with E-state index in [0.29, 0.717) is 25.6 Å². The first kappa shape index (κ1) is 20.9. The number of benzene rings is 1. The van der Waals surface area contributed by atoms with Gasteiger partial charge in [-0.2, -0.15) is 0 Å². The number of para-hydroxylation sites is 1. The van der Waals surface area contributed by atoms with Gasteiger partial charge in [-0.05, 0) is 43.6 Å². The van der Waals surface area contributed by atoms with E-state index in [-0.39, 0.29) is 0 Å². The Balaban J connectivity index is 1.43. The van der Waals surface area contributed by atoms with Crippen molar-refractivity contribution in [1.29, 1.82) is 0 Å². The predicted molar refractivity (Wildman–Crippen MR) is 112 cm³/mol. The molecular formula is C20H32N4O3S. The molecule has 2 aliphatic rings. The molecule has 0 amide bonds. The first-order valence-corrected chi connectivity index (χ1v) is 11.9. The molecule has 156 valence electrons. The first-order chi connectivity index (χ1) is 13.5. The fraction of sp³-hybridized carbons (Fsp3) is 0.650. The van der Waals surface area contributed by atoms with Crippen molar-refractivity contribution in [2.45, 2.75) is 32.2 Å². The second-order valence-electron chi connectivity index (χ2n) is 7.77. The van der Waals surface area contributed by atoms with Crippen LogP contribution in [0.3, 0.4) is 0 Å². The van der Waals surface area contributed by atoms with E-state index in [1.807, 2.05) is 18.2 Å². The molecule has 2 N–H and O–H groups in total. The molecule has 0 atom stereocenters. The lowest BCUT2D eigenvalue weighted by molar-refractivity contribution is 0.274. The van der Waals surface area contributed by atoms with Crippen molar-refractivity contribution in [2.24, 2.45) is 16.8 Å². The Labute approximate surface area is 168 Å². The van der Waals surface area contributed by atoms with Gasteiger partial charge in [0.15, 0.2) is 5.96 Å². The zero-order valence-electron chi connectivity index (χ0n) is 16.9. The molecule has 1 aromatic carbocycles. The van der Waals surface area contributed by atoms with Crippen molar-refractivity contribution < 1.29 is 13.2 Å². The molecule has 0 bridgehead atoms. The number of piperidine rings is 1. The summed E-state index contributed by atoms with van der Waals surface area (Å²) in [6.45, 7) is 3.44. The van der Waals surface area contributed by atoms with E-state index in [1.54, 1.807) is 11.4 Å². The van der Waals surface area contributed by atoms with Gasteiger partial charge in [0.05, 0.1) is 12.9 Å². The lowest BCUT2D eigenvalue weighted by atomic mass is 9.98. The number of hydrogen-bond donors (Lipinski definition) is 2. The zero-order chi connectivity index (χ0) is 20.0. The van der Waals surface area contributed by atoms with E-state index in [1.165, 1.54) is 19.1 Å². The third kappa shape index (κ3) is 6.38. The van der Waals surface area contributed by atoms with Gasteiger partial charge in [0.1, 0.15) is 5.75 Å². The SMILES string of the molecule is CN=C(NCc1ccccc1OCC1CC1)NCC1CCN(S(C)(=O)=O)CC1. The maximum absolute atomic E-state index is 11.6. The van der Waals surface area contributed by atoms with E-state index in [0.717, 1.165) is 49.2 Å². The topological polar surface area (TPSA) is 83.0 Å². The van der Waals surface area contributed by atoms with Crippen LogP contribution in [0.4, 0.5) is 0 Å². The monoisotopic (exact) mass is 408 g/mol. The van der Waals surface area contributed by atoms with Gasteiger partial charge in [-0.15, -0.1) is 0 Å². The summed E-state index contributed by atoms with van der Waals surface area (Å²) in [5, 5.41) is 6.73. The van der Waals surface area contributed by atoms with Gasteiger partial charge in [0.2, 0.25) is 10.0 Å². The minimum Gasteiger partial charge on any atom is -0.493 e. The number of aliphatic imine (C=N–C) groups is 1. The molecule has 1 aromatic rings. The average molecular weight is 409 g/mol. The Bertz CT molecular complexity index is 769. The van der Waals surface area contributed by atoms with Crippen molar-refractivity contribution in [3.8, 4) is 5.75 Å². The highest BCUT2D eigenvalue weighted by atomic mass is 32.2. The minimum atomic E-state index is -3.07. The van der Waals surface area contributed by atoms with E-state index in [9.17, 15) is 8.42 Å². The van der Waals surface area contributed by atoms with Crippen molar-refractivity contribution in [2.75, 3.05) is 39.5 Å². The highest BCUT2D eigenvalue weighted by molar-refractivity contribution is 7.88.